The van der Waals surface area contributed by atoms with Gasteiger partial charge in [0.15, 0.2) is 0 Å². The van der Waals surface area contributed by atoms with Crippen LogP contribution in [0.1, 0.15) is 52.9 Å². The van der Waals surface area contributed by atoms with Gasteiger partial charge in [-0.05, 0) is 33.1 Å². The van der Waals surface area contributed by atoms with Crippen molar-refractivity contribution in [1.29, 1.82) is 0 Å². The fourth-order valence-electron chi connectivity index (χ4n) is 2.16. The lowest BCUT2D eigenvalue weighted by Crippen LogP contribution is -2.51. The number of hydrogen-bond acceptors (Lipinski definition) is 1. The Labute approximate surface area is 86.6 Å². The van der Waals surface area contributed by atoms with Gasteiger partial charge in [0.05, 0.1) is 0 Å². The van der Waals surface area contributed by atoms with Crippen LogP contribution >= 0.6 is 0 Å². The van der Waals surface area contributed by atoms with Gasteiger partial charge in [-0.2, -0.15) is 0 Å². The van der Waals surface area contributed by atoms with Gasteiger partial charge in [0, 0.05) is 11.6 Å². The predicted octanol–water partition coefficient (Wildman–Crippen LogP) is 2.42. The molecule has 2 N–H and O–H groups in total. The number of amides is 2. The number of carbonyl (C=O) groups excluding carboxylic acids is 1. The summed E-state index contributed by atoms with van der Waals surface area (Å²) < 4.78 is 0. The average Bonchev–Trinajstić information content (AvgIpc) is 2.52. The highest BCUT2D eigenvalue weighted by atomic mass is 16.2. The summed E-state index contributed by atoms with van der Waals surface area (Å²) in [5, 5.41) is 6.00. The quantitative estimate of drug-likeness (QED) is 0.718. The lowest BCUT2D eigenvalue weighted by Gasteiger charge is -2.29. The Balaban J connectivity index is 2.44. The molecule has 1 aliphatic rings. The van der Waals surface area contributed by atoms with E-state index in [9.17, 15) is 4.79 Å². The molecular weight excluding hydrogens is 176 g/mol. The molecule has 0 atom stereocenters. The molecule has 1 fully saturated rings. The van der Waals surface area contributed by atoms with Gasteiger partial charge in [0.25, 0.3) is 0 Å². The molecule has 3 heteroatoms. The minimum absolute atomic E-state index is 0.0104. The van der Waals surface area contributed by atoms with Crippen LogP contribution in [0.15, 0.2) is 0 Å². The molecule has 3 nitrogen and oxygen atoms in total. The second-order valence-electron chi connectivity index (χ2n) is 4.59. The van der Waals surface area contributed by atoms with Crippen molar-refractivity contribution in [2.45, 2.75) is 64.5 Å². The second kappa shape index (κ2) is 4.67. The molecule has 0 spiro atoms. The monoisotopic (exact) mass is 198 g/mol. The summed E-state index contributed by atoms with van der Waals surface area (Å²) in [5.41, 5.74) is 0.0823. The summed E-state index contributed by atoms with van der Waals surface area (Å²) >= 11 is 0. The zero-order valence-electron chi connectivity index (χ0n) is 9.52. The van der Waals surface area contributed by atoms with Crippen molar-refractivity contribution in [3.8, 4) is 0 Å². The third-order valence-corrected chi connectivity index (χ3v) is 3.04. The molecule has 0 aromatic heterocycles. The third kappa shape index (κ3) is 2.89. The lowest BCUT2D eigenvalue weighted by atomic mass is 9.94. The highest BCUT2D eigenvalue weighted by Gasteiger charge is 2.33. The molecule has 1 aliphatic carbocycles. The van der Waals surface area contributed by atoms with Gasteiger partial charge in [-0.15, -0.1) is 0 Å². The number of hydrogen-bond donors (Lipinski definition) is 2. The molecule has 0 aliphatic heterocycles. The van der Waals surface area contributed by atoms with E-state index in [1.54, 1.807) is 0 Å². The van der Waals surface area contributed by atoms with Gasteiger partial charge in [-0.1, -0.05) is 19.8 Å². The SMILES string of the molecule is CCC1(NC(=O)NC(C)C)CCCC1. The summed E-state index contributed by atoms with van der Waals surface area (Å²) in [6, 6.07) is 0.203. The van der Waals surface area contributed by atoms with Crippen LogP contribution in [0.3, 0.4) is 0 Å². The number of rotatable bonds is 3. The molecule has 0 unspecified atom stereocenters. The van der Waals surface area contributed by atoms with Crippen LogP contribution in [0.5, 0.6) is 0 Å². The van der Waals surface area contributed by atoms with Crippen molar-refractivity contribution < 1.29 is 4.79 Å². The standard InChI is InChI=1S/C11H22N2O/c1-4-11(7-5-6-8-11)13-10(14)12-9(2)3/h9H,4-8H2,1-3H3,(H2,12,13,14). The van der Waals surface area contributed by atoms with E-state index in [0.29, 0.717) is 0 Å². The minimum Gasteiger partial charge on any atom is -0.336 e. The molecule has 2 amide bonds. The zero-order chi connectivity index (χ0) is 10.6. The zero-order valence-corrected chi connectivity index (χ0v) is 9.52. The van der Waals surface area contributed by atoms with E-state index >= 15 is 0 Å². The Kier molecular flexibility index (Phi) is 3.78. The van der Waals surface area contributed by atoms with Crippen LogP contribution in [0, 0.1) is 0 Å². The minimum atomic E-state index is -0.0104. The Bertz CT molecular complexity index is 195. The summed E-state index contributed by atoms with van der Waals surface area (Å²) in [6.45, 7) is 6.11. The Hall–Kier alpha value is -0.730. The molecule has 0 radical (unpaired) electrons. The van der Waals surface area contributed by atoms with Crippen LogP contribution in [0.25, 0.3) is 0 Å². The lowest BCUT2D eigenvalue weighted by molar-refractivity contribution is 0.220. The molecule has 1 saturated carbocycles. The Morgan fingerprint density at radius 2 is 1.93 bits per heavy atom. The first kappa shape index (κ1) is 11.3. The molecule has 82 valence electrons. The van der Waals surface area contributed by atoms with Crippen LogP contribution in [0.2, 0.25) is 0 Å². The topological polar surface area (TPSA) is 41.1 Å². The predicted molar refractivity (Wildman–Crippen MR) is 58.3 cm³/mol. The first-order chi connectivity index (χ1) is 6.58. The van der Waals surface area contributed by atoms with Crippen LogP contribution < -0.4 is 10.6 Å². The maximum atomic E-state index is 11.6. The average molecular weight is 198 g/mol. The molecule has 0 aromatic carbocycles. The second-order valence-corrected chi connectivity index (χ2v) is 4.59. The highest BCUT2D eigenvalue weighted by molar-refractivity contribution is 5.75. The van der Waals surface area contributed by atoms with Crippen LogP contribution in [-0.2, 0) is 0 Å². The normalized spacial score (nSPS) is 19.7. The van der Waals surface area contributed by atoms with E-state index in [1.807, 2.05) is 13.8 Å². The first-order valence-corrected chi connectivity index (χ1v) is 5.67. The van der Waals surface area contributed by atoms with Crippen molar-refractivity contribution in [1.82, 2.24) is 10.6 Å². The maximum absolute atomic E-state index is 11.6. The summed E-state index contributed by atoms with van der Waals surface area (Å²) in [6.07, 6.45) is 5.80. The van der Waals surface area contributed by atoms with E-state index in [-0.39, 0.29) is 17.6 Å². The first-order valence-electron chi connectivity index (χ1n) is 5.67. The molecule has 0 bridgehead atoms. The molecular formula is C11H22N2O. The Morgan fingerprint density at radius 1 is 1.36 bits per heavy atom. The van der Waals surface area contributed by atoms with Gasteiger partial charge in [0.2, 0.25) is 0 Å². The summed E-state index contributed by atoms with van der Waals surface area (Å²) in [7, 11) is 0. The number of urea groups is 1. The van der Waals surface area contributed by atoms with Crippen molar-refractivity contribution in [3.05, 3.63) is 0 Å². The van der Waals surface area contributed by atoms with E-state index in [2.05, 4.69) is 17.6 Å². The van der Waals surface area contributed by atoms with Gasteiger partial charge in [0.1, 0.15) is 0 Å². The van der Waals surface area contributed by atoms with E-state index in [4.69, 9.17) is 0 Å². The molecule has 0 saturated heterocycles. The third-order valence-electron chi connectivity index (χ3n) is 3.04. The van der Waals surface area contributed by atoms with Gasteiger partial charge in [-0.3, -0.25) is 0 Å². The highest BCUT2D eigenvalue weighted by Crippen LogP contribution is 2.32. The van der Waals surface area contributed by atoms with Crippen molar-refractivity contribution >= 4 is 6.03 Å². The number of nitrogens with one attached hydrogen (secondary N) is 2. The van der Waals surface area contributed by atoms with Crippen molar-refractivity contribution in [2.24, 2.45) is 0 Å². The molecule has 0 heterocycles. The van der Waals surface area contributed by atoms with E-state index in [1.165, 1.54) is 12.8 Å². The van der Waals surface area contributed by atoms with Crippen LogP contribution in [-0.4, -0.2) is 17.6 Å². The van der Waals surface area contributed by atoms with Crippen molar-refractivity contribution in [3.63, 3.8) is 0 Å². The van der Waals surface area contributed by atoms with Gasteiger partial charge < -0.3 is 10.6 Å². The molecule has 1 rings (SSSR count). The van der Waals surface area contributed by atoms with E-state index in [0.717, 1.165) is 19.3 Å². The van der Waals surface area contributed by atoms with E-state index < -0.39 is 0 Å². The van der Waals surface area contributed by atoms with Crippen LogP contribution in [0.4, 0.5) is 4.79 Å². The largest absolute Gasteiger partial charge is 0.336 e. The maximum Gasteiger partial charge on any atom is 0.315 e. The fraction of sp³-hybridized carbons (Fsp3) is 0.909. The van der Waals surface area contributed by atoms with Gasteiger partial charge >= 0.3 is 6.03 Å². The summed E-state index contributed by atoms with van der Waals surface area (Å²) in [4.78, 5) is 11.6. The fourth-order valence-corrected chi connectivity index (χ4v) is 2.16. The molecule has 0 aromatic rings. The smallest absolute Gasteiger partial charge is 0.315 e. The number of carbonyl (C=O) groups is 1. The van der Waals surface area contributed by atoms with Gasteiger partial charge in [-0.25, -0.2) is 4.79 Å². The molecule has 14 heavy (non-hydrogen) atoms. The Morgan fingerprint density at radius 3 is 2.36 bits per heavy atom. The van der Waals surface area contributed by atoms with Crippen molar-refractivity contribution in [2.75, 3.05) is 0 Å². The summed E-state index contributed by atoms with van der Waals surface area (Å²) in [5.74, 6) is 0.